The van der Waals surface area contributed by atoms with Gasteiger partial charge in [0.25, 0.3) is 0 Å². The van der Waals surface area contributed by atoms with Gasteiger partial charge in [-0.15, -0.1) is 11.8 Å². The van der Waals surface area contributed by atoms with Gasteiger partial charge in [0.1, 0.15) is 6.04 Å². The Morgan fingerprint density at radius 2 is 1.88 bits per heavy atom. The molecule has 0 unspecified atom stereocenters. The van der Waals surface area contributed by atoms with Crippen LogP contribution in [0.1, 0.15) is 56.6 Å². The molecule has 1 saturated carbocycles. The second-order valence-corrected chi connectivity index (χ2v) is 10.2. The van der Waals surface area contributed by atoms with E-state index in [0.717, 1.165) is 58.9 Å². The summed E-state index contributed by atoms with van der Waals surface area (Å²) >= 11 is 7.66. The molecule has 0 saturated heterocycles. The van der Waals surface area contributed by atoms with Crippen molar-refractivity contribution in [2.45, 2.75) is 75.9 Å². The van der Waals surface area contributed by atoms with Gasteiger partial charge in [-0.25, -0.2) is 0 Å². The van der Waals surface area contributed by atoms with Crippen molar-refractivity contribution in [1.29, 1.82) is 0 Å². The van der Waals surface area contributed by atoms with E-state index < -0.39 is 6.04 Å². The molecule has 1 aliphatic carbocycles. The molecular formula is C26H33ClN2O2S. The van der Waals surface area contributed by atoms with Crippen LogP contribution in [0.4, 0.5) is 0 Å². The molecule has 1 fully saturated rings. The highest BCUT2D eigenvalue weighted by molar-refractivity contribution is 7.99. The molecule has 6 heteroatoms. The molecular weight excluding hydrogens is 440 g/mol. The van der Waals surface area contributed by atoms with Crippen LogP contribution >= 0.6 is 23.4 Å². The average Bonchev–Trinajstić information content (AvgIpc) is 3.28. The van der Waals surface area contributed by atoms with Gasteiger partial charge in [-0.3, -0.25) is 9.59 Å². The number of hydrogen-bond donors (Lipinski definition) is 1. The van der Waals surface area contributed by atoms with Crippen LogP contribution in [-0.4, -0.2) is 34.6 Å². The molecule has 3 rings (SSSR count). The summed E-state index contributed by atoms with van der Waals surface area (Å²) in [5.41, 5.74) is 2.20. The molecule has 0 aliphatic heterocycles. The van der Waals surface area contributed by atoms with Crippen molar-refractivity contribution in [3.8, 4) is 0 Å². The standard InChI is InChI=1S/C26H33ClN2O2S/c1-19-7-5-8-21(17-19)18-29(20(2)26(31)28-23-9-3-4-10-23)25(30)11-6-16-32-24-14-12-22(27)13-15-24/h5,7-8,12-15,17,20,23H,3-4,6,9-11,16,18H2,1-2H3,(H,28,31)/t20-/m1/s1. The van der Waals surface area contributed by atoms with Crippen molar-refractivity contribution in [2.75, 3.05) is 5.75 Å². The van der Waals surface area contributed by atoms with Gasteiger partial charge >= 0.3 is 0 Å². The molecule has 32 heavy (non-hydrogen) atoms. The molecule has 0 radical (unpaired) electrons. The van der Waals surface area contributed by atoms with Gasteiger partial charge < -0.3 is 10.2 Å². The van der Waals surface area contributed by atoms with Gasteiger partial charge in [0.05, 0.1) is 0 Å². The molecule has 0 aromatic heterocycles. The first-order valence-electron chi connectivity index (χ1n) is 11.5. The lowest BCUT2D eigenvalue weighted by Gasteiger charge is -2.30. The molecule has 1 atom stereocenters. The van der Waals surface area contributed by atoms with E-state index >= 15 is 0 Å². The zero-order valence-electron chi connectivity index (χ0n) is 19.0. The highest BCUT2D eigenvalue weighted by Crippen LogP contribution is 2.22. The molecule has 4 nitrogen and oxygen atoms in total. The van der Waals surface area contributed by atoms with Gasteiger partial charge in [-0.2, -0.15) is 0 Å². The Morgan fingerprint density at radius 3 is 2.56 bits per heavy atom. The van der Waals surface area contributed by atoms with E-state index in [1.807, 2.05) is 56.3 Å². The Labute approximate surface area is 201 Å². The lowest BCUT2D eigenvalue weighted by molar-refractivity contribution is -0.140. The number of benzene rings is 2. The van der Waals surface area contributed by atoms with E-state index in [1.54, 1.807) is 16.7 Å². The SMILES string of the molecule is Cc1cccc(CN(C(=O)CCCSc2ccc(Cl)cc2)[C@H](C)C(=O)NC2CCCC2)c1. The number of nitrogens with one attached hydrogen (secondary N) is 1. The van der Waals surface area contributed by atoms with Crippen molar-refractivity contribution in [3.05, 3.63) is 64.7 Å². The first-order valence-corrected chi connectivity index (χ1v) is 12.8. The van der Waals surface area contributed by atoms with Crippen molar-refractivity contribution < 1.29 is 9.59 Å². The smallest absolute Gasteiger partial charge is 0.242 e. The third kappa shape index (κ3) is 7.56. The van der Waals surface area contributed by atoms with Crippen LogP contribution < -0.4 is 5.32 Å². The molecule has 2 aromatic rings. The van der Waals surface area contributed by atoms with Crippen LogP contribution in [0.15, 0.2) is 53.4 Å². The number of nitrogens with zero attached hydrogens (tertiary/aromatic N) is 1. The minimum atomic E-state index is -0.493. The maximum Gasteiger partial charge on any atom is 0.242 e. The second kappa shape index (κ2) is 12.3. The molecule has 1 N–H and O–H groups in total. The molecule has 172 valence electrons. The number of carbonyl (C=O) groups excluding carboxylic acids is 2. The molecule has 2 amide bonds. The van der Waals surface area contributed by atoms with Crippen molar-refractivity contribution >= 4 is 35.2 Å². The number of amides is 2. The van der Waals surface area contributed by atoms with E-state index in [0.29, 0.717) is 13.0 Å². The third-order valence-electron chi connectivity index (χ3n) is 5.92. The fraction of sp³-hybridized carbons (Fsp3) is 0.462. The maximum absolute atomic E-state index is 13.2. The van der Waals surface area contributed by atoms with E-state index in [9.17, 15) is 9.59 Å². The summed E-state index contributed by atoms with van der Waals surface area (Å²) in [7, 11) is 0. The van der Waals surface area contributed by atoms with Crippen LogP contribution in [0.3, 0.4) is 0 Å². The lowest BCUT2D eigenvalue weighted by atomic mass is 10.1. The van der Waals surface area contributed by atoms with Crippen molar-refractivity contribution in [2.24, 2.45) is 0 Å². The average molecular weight is 473 g/mol. The molecule has 0 bridgehead atoms. The van der Waals surface area contributed by atoms with E-state index in [4.69, 9.17) is 11.6 Å². The molecule has 2 aromatic carbocycles. The van der Waals surface area contributed by atoms with Gasteiger partial charge in [0, 0.05) is 28.9 Å². The summed E-state index contributed by atoms with van der Waals surface area (Å²) in [4.78, 5) is 29.0. The van der Waals surface area contributed by atoms with Gasteiger partial charge in [0.2, 0.25) is 11.8 Å². The summed E-state index contributed by atoms with van der Waals surface area (Å²) in [5, 5.41) is 3.88. The van der Waals surface area contributed by atoms with Crippen molar-refractivity contribution in [1.82, 2.24) is 10.2 Å². The van der Waals surface area contributed by atoms with E-state index in [1.165, 1.54) is 0 Å². The predicted octanol–water partition coefficient (Wildman–Crippen LogP) is 6.00. The summed E-state index contributed by atoms with van der Waals surface area (Å²) in [5.74, 6) is 0.819. The highest BCUT2D eigenvalue weighted by atomic mass is 35.5. The highest BCUT2D eigenvalue weighted by Gasteiger charge is 2.28. The summed E-state index contributed by atoms with van der Waals surface area (Å²) in [6.07, 6.45) is 5.58. The summed E-state index contributed by atoms with van der Waals surface area (Å²) in [6, 6.07) is 15.6. The minimum Gasteiger partial charge on any atom is -0.352 e. The normalized spacial score (nSPS) is 14.8. The summed E-state index contributed by atoms with van der Waals surface area (Å²) in [6.45, 7) is 4.34. The number of hydrogen-bond acceptors (Lipinski definition) is 3. The first-order chi connectivity index (χ1) is 15.4. The number of rotatable bonds is 10. The summed E-state index contributed by atoms with van der Waals surface area (Å²) < 4.78 is 0. The second-order valence-electron chi connectivity index (χ2n) is 8.58. The van der Waals surface area contributed by atoms with Gasteiger partial charge in [0.15, 0.2) is 0 Å². The Bertz CT molecular complexity index is 897. The lowest BCUT2D eigenvalue weighted by Crippen LogP contribution is -2.49. The van der Waals surface area contributed by atoms with Gasteiger partial charge in [-0.05, 0) is 68.7 Å². The Kier molecular flexibility index (Phi) is 9.49. The Hall–Kier alpha value is -1.98. The quantitative estimate of drug-likeness (QED) is 0.341. The topological polar surface area (TPSA) is 49.4 Å². The Morgan fingerprint density at radius 1 is 1.16 bits per heavy atom. The van der Waals surface area contributed by atoms with Crippen LogP contribution in [0.2, 0.25) is 5.02 Å². The monoisotopic (exact) mass is 472 g/mol. The molecule has 0 heterocycles. The number of aryl methyl sites for hydroxylation is 1. The van der Waals surface area contributed by atoms with Crippen molar-refractivity contribution in [3.63, 3.8) is 0 Å². The van der Waals surface area contributed by atoms with E-state index in [2.05, 4.69) is 11.4 Å². The first kappa shape index (κ1) is 24.7. The molecule has 0 spiro atoms. The number of halogens is 1. The molecule has 1 aliphatic rings. The largest absolute Gasteiger partial charge is 0.352 e. The third-order valence-corrected chi connectivity index (χ3v) is 7.27. The van der Waals surface area contributed by atoms with Gasteiger partial charge in [-0.1, -0.05) is 54.3 Å². The zero-order valence-corrected chi connectivity index (χ0v) is 20.6. The van der Waals surface area contributed by atoms with Crippen LogP contribution in [-0.2, 0) is 16.1 Å². The number of thioether (sulfide) groups is 1. The minimum absolute atomic E-state index is 0.0253. The number of carbonyl (C=O) groups is 2. The van der Waals surface area contributed by atoms with E-state index in [-0.39, 0.29) is 17.9 Å². The maximum atomic E-state index is 13.2. The Balaban J connectivity index is 1.59. The fourth-order valence-corrected chi connectivity index (χ4v) is 5.05. The van der Waals surface area contributed by atoms with Crippen LogP contribution in [0, 0.1) is 6.92 Å². The zero-order chi connectivity index (χ0) is 22.9. The predicted molar refractivity (Wildman–Crippen MR) is 133 cm³/mol. The van der Waals surface area contributed by atoms with Crippen LogP contribution in [0.25, 0.3) is 0 Å². The fourth-order valence-electron chi connectivity index (χ4n) is 4.07. The van der Waals surface area contributed by atoms with Crippen LogP contribution in [0.5, 0.6) is 0 Å².